The number of nitrogens with one attached hydrogen (secondary N) is 1. The first-order valence-electron chi connectivity index (χ1n) is 6.08. The van der Waals surface area contributed by atoms with Gasteiger partial charge < -0.3 is 14.6 Å². The number of carbonyl (C=O) groups is 2. The van der Waals surface area contributed by atoms with Crippen molar-refractivity contribution in [3.8, 4) is 0 Å². The van der Waals surface area contributed by atoms with E-state index in [4.69, 9.17) is 4.74 Å². The zero-order valence-corrected chi connectivity index (χ0v) is 11.3. The van der Waals surface area contributed by atoms with Crippen molar-refractivity contribution in [2.24, 2.45) is 0 Å². The first-order chi connectivity index (χ1) is 8.45. The minimum absolute atomic E-state index is 0.0835. The van der Waals surface area contributed by atoms with E-state index in [0.717, 1.165) is 5.56 Å². The number of ether oxygens (including phenoxy) is 1. The van der Waals surface area contributed by atoms with Crippen molar-refractivity contribution in [1.82, 2.24) is 9.88 Å². The average Bonchev–Trinajstić information content (AvgIpc) is 2.58. The molecular weight excluding hydrogens is 232 g/mol. The van der Waals surface area contributed by atoms with Crippen molar-refractivity contribution >= 4 is 11.9 Å². The molecule has 0 bridgehead atoms. The van der Waals surface area contributed by atoms with Gasteiger partial charge in [-0.2, -0.15) is 0 Å². The molecule has 1 N–H and O–H groups in total. The molecule has 5 nitrogen and oxygen atoms in total. The molecule has 1 aromatic rings. The summed E-state index contributed by atoms with van der Waals surface area (Å²) in [5.74, 6) is -0.511. The summed E-state index contributed by atoms with van der Waals surface area (Å²) >= 11 is 0. The lowest BCUT2D eigenvalue weighted by Gasteiger charge is -2.11. The first kappa shape index (κ1) is 14.3. The second kappa shape index (κ2) is 6.23. The smallest absolute Gasteiger partial charge is 0.355 e. The number of hydrogen-bond acceptors (Lipinski definition) is 3. The number of hydrogen-bond donors (Lipinski definition) is 1. The van der Waals surface area contributed by atoms with Crippen molar-refractivity contribution in [2.75, 3.05) is 6.61 Å². The molecule has 0 saturated carbocycles. The van der Waals surface area contributed by atoms with Gasteiger partial charge in [0.05, 0.1) is 6.61 Å². The highest BCUT2D eigenvalue weighted by Gasteiger charge is 2.17. The van der Waals surface area contributed by atoms with Crippen LogP contribution in [0.5, 0.6) is 0 Å². The monoisotopic (exact) mass is 252 g/mol. The van der Waals surface area contributed by atoms with Crippen molar-refractivity contribution in [1.29, 1.82) is 0 Å². The summed E-state index contributed by atoms with van der Waals surface area (Å²) in [6, 6.07) is 1.88. The summed E-state index contributed by atoms with van der Waals surface area (Å²) in [6.07, 6.45) is 1.72. The molecule has 0 aliphatic heterocycles. The van der Waals surface area contributed by atoms with E-state index in [1.807, 2.05) is 20.8 Å². The maximum absolute atomic E-state index is 11.8. The third-order valence-electron chi connectivity index (χ3n) is 2.40. The number of aryl methyl sites for hydroxylation is 1. The summed E-state index contributed by atoms with van der Waals surface area (Å²) in [4.78, 5) is 23.5. The van der Waals surface area contributed by atoms with Crippen molar-refractivity contribution < 1.29 is 14.3 Å². The molecule has 0 spiro atoms. The van der Waals surface area contributed by atoms with Gasteiger partial charge in [0.25, 0.3) is 0 Å². The third-order valence-corrected chi connectivity index (χ3v) is 2.40. The molecule has 1 heterocycles. The molecule has 5 heteroatoms. The molecule has 0 aliphatic carbocycles. The van der Waals surface area contributed by atoms with Crippen LogP contribution in [0.4, 0.5) is 0 Å². The Labute approximate surface area is 107 Å². The number of esters is 1. The topological polar surface area (TPSA) is 60.3 Å². The van der Waals surface area contributed by atoms with Gasteiger partial charge in [0.2, 0.25) is 5.91 Å². The maximum Gasteiger partial charge on any atom is 0.355 e. The number of nitrogens with zero attached hydrogens (tertiary/aromatic N) is 1. The van der Waals surface area contributed by atoms with Gasteiger partial charge in [-0.1, -0.05) is 0 Å². The van der Waals surface area contributed by atoms with E-state index in [0.29, 0.717) is 12.3 Å². The van der Waals surface area contributed by atoms with Gasteiger partial charge >= 0.3 is 5.97 Å². The van der Waals surface area contributed by atoms with Gasteiger partial charge in [0.15, 0.2) is 0 Å². The Hall–Kier alpha value is -1.78. The van der Waals surface area contributed by atoms with Gasteiger partial charge in [-0.05, 0) is 39.3 Å². The Morgan fingerprint density at radius 2 is 2.11 bits per heavy atom. The second-order valence-electron chi connectivity index (χ2n) is 4.42. The minimum Gasteiger partial charge on any atom is -0.461 e. The zero-order valence-electron chi connectivity index (χ0n) is 11.3. The van der Waals surface area contributed by atoms with Gasteiger partial charge in [-0.15, -0.1) is 0 Å². The summed E-state index contributed by atoms with van der Waals surface area (Å²) in [5.41, 5.74) is 1.25. The fourth-order valence-corrected chi connectivity index (χ4v) is 1.71. The second-order valence-corrected chi connectivity index (χ2v) is 4.42. The molecule has 0 fully saturated rings. The highest BCUT2D eigenvalue weighted by atomic mass is 16.5. The predicted molar refractivity (Wildman–Crippen MR) is 68.4 cm³/mol. The standard InChI is InChI=1S/C13H20N2O3/c1-5-18-13(17)12-10(4)6-7-15(12)8-11(16)14-9(2)3/h6-7,9H,5,8H2,1-4H3,(H,14,16). The van der Waals surface area contributed by atoms with Crippen LogP contribution in [0.3, 0.4) is 0 Å². The van der Waals surface area contributed by atoms with Crippen LogP contribution in [0.15, 0.2) is 12.3 Å². The lowest BCUT2D eigenvalue weighted by molar-refractivity contribution is -0.122. The van der Waals surface area contributed by atoms with Crippen molar-refractivity contribution in [3.63, 3.8) is 0 Å². The molecular formula is C13H20N2O3. The molecule has 1 aromatic heterocycles. The summed E-state index contributed by atoms with van der Waals surface area (Å²) in [5, 5.41) is 2.79. The van der Waals surface area contributed by atoms with E-state index in [1.54, 1.807) is 23.8 Å². The van der Waals surface area contributed by atoms with Crippen LogP contribution in [-0.4, -0.2) is 29.1 Å². The normalized spacial score (nSPS) is 10.5. The summed E-state index contributed by atoms with van der Waals surface area (Å²) < 4.78 is 6.60. The lowest BCUT2D eigenvalue weighted by Crippen LogP contribution is -2.33. The minimum atomic E-state index is -0.391. The van der Waals surface area contributed by atoms with Crippen LogP contribution in [0.2, 0.25) is 0 Å². The Morgan fingerprint density at radius 1 is 1.44 bits per heavy atom. The fraction of sp³-hybridized carbons (Fsp3) is 0.538. The maximum atomic E-state index is 11.8. The van der Waals surface area contributed by atoms with Crippen LogP contribution < -0.4 is 5.32 Å². The van der Waals surface area contributed by atoms with Gasteiger partial charge in [-0.3, -0.25) is 4.79 Å². The molecule has 1 amide bonds. The van der Waals surface area contributed by atoms with E-state index in [1.165, 1.54) is 0 Å². The fourth-order valence-electron chi connectivity index (χ4n) is 1.71. The molecule has 0 atom stereocenters. The van der Waals surface area contributed by atoms with Crippen LogP contribution in [0, 0.1) is 6.92 Å². The third kappa shape index (κ3) is 3.61. The van der Waals surface area contributed by atoms with Crippen LogP contribution >= 0.6 is 0 Å². The number of rotatable bonds is 5. The highest BCUT2D eigenvalue weighted by Crippen LogP contribution is 2.11. The summed E-state index contributed by atoms with van der Waals surface area (Å²) in [6.45, 7) is 7.81. The van der Waals surface area contributed by atoms with E-state index in [-0.39, 0.29) is 18.5 Å². The van der Waals surface area contributed by atoms with Crippen LogP contribution in [0.1, 0.15) is 36.8 Å². The Morgan fingerprint density at radius 3 is 2.67 bits per heavy atom. The molecule has 100 valence electrons. The SMILES string of the molecule is CCOC(=O)c1c(C)ccn1CC(=O)NC(C)C. The molecule has 0 radical (unpaired) electrons. The Bertz CT molecular complexity index is 435. The van der Waals surface area contributed by atoms with Crippen molar-refractivity contribution in [2.45, 2.75) is 40.3 Å². The first-order valence-corrected chi connectivity index (χ1v) is 6.08. The zero-order chi connectivity index (χ0) is 13.7. The molecule has 0 saturated heterocycles. The molecule has 0 unspecified atom stereocenters. The average molecular weight is 252 g/mol. The van der Waals surface area contributed by atoms with Gasteiger partial charge in [-0.25, -0.2) is 4.79 Å². The highest BCUT2D eigenvalue weighted by molar-refractivity contribution is 5.90. The Kier molecular flexibility index (Phi) is 4.95. The quantitative estimate of drug-likeness (QED) is 0.808. The molecule has 1 rings (SSSR count). The number of carbonyl (C=O) groups excluding carboxylic acids is 2. The van der Waals surface area contributed by atoms with Crippen LogP contribution in [-0.2, 0) is 16.1 Å². The molecule has 18 heavy (non-hydrogen) atoms. The van der Waals surface area contributed by atoms with E-state index < -0.39 is 5.97 Å². The van der Waals surface area contributed by atoms with Crippen LogP contribution in [0.25, 0.3) is 0 Å². The molecule has 0 aromatic carbocycles. The van der Waals surface area contributed by atoms with E-state index in [2.05, 4.69) is 5.32 Å². The van der Waals surface area contributed by atoms with E-state index in [9.17, 15) is 9.59 Å². The van der Waals surface area contributed by atoms with E-state index >= 15 is 0 Å². The Balaban J connectivity index is 2.83. The predicted octanol–water partition coefficient (Wildman–Crippen LogP) is 1.50. The van der Waals surface area contributed by atoms with Gasteiger partial charge in [0, 0.05) is 12.2 Å². The largest absolute Gasteiger partial charge is 0.461 e. The molecule has 0 aliphatic rings. The number of aromatic nitrogens is 1. The number of amides is 1. The van der Waals surface area contributed by atoms with Gasteiger partial charge in [0.1, 0.15) is 12.2 Å². The lowest BCUT2D eigenvalue weighted by atomic mass is 10.3. The summed E-state index contributed by atoms with van der Waals surface area (Å²) in [7, 11) is 0. The van der Waals surface area contributed by atoms with Crippen molar-refractivity contribution in [3.05, 3.63) is 23.5 Å².